The molecule has 2 aromatic heterocycles. The number of aromatic nitrogens is 4. The normalized spacial score (nSPS) is 11.0. The van der Waals surface area contributed by atoms with E-state index in [9.17, 15) is 18.0 Å². The first kappa shape index (κ1) is 17.2. The fourth-order valence-electron chi connectivity index (χ4n) is 1.93. The SMILES string of the molecule is O=C(Nc1ccc(OC(F)(F)F)cc1)Nc1cnc(-n2ccnc2)nc1. The Kier molecular flexibility index (Phi) is 4.69. The molecule has 2 amide bonds. The summed E-state index contributed by atoms with van der Waals surface area (Å²) in [6, 6.07) is 4.13. The van der Waals surface area contributed by atoms with Gasteiger partial charge < -0.3 is 15.4 Å². The summed E-state index contributed by atoms with van der Waals surface area (Å²) in [6.07, 6.45) is 2.82. The van der Waals surface area contributed by atoms with Crippen LogP contribution < -0.4 is 15.4 Å². The standard InChI is InChI=1S/C15H11F3N6O2/c16-15(17,18)26-12-3-1-10(2-4-12)22-14(25)23-11-7-20-13(21-8-11)24-6-5-19-9-24/h1-9H,(H2,22,23,25). The van der Waals surface area contributed by atoms with Crippen molar-refractivity contribution in [3.63, 3.8) is 0 Å². The van der Waals surface area contributed by atoms with Crippen molar-refractivity contribution in [2.45, 2.75) is 6.36 Å². The Hall–Kier alpha value is -3.63. The number of nitrogens with one attached hydrogen (secondary N) is 2. The number of carbonyl (C=O) groups excluding carboxylic acids is 1. The van der Waals surface area contributed by atoms with E-state index in [2.05, 4.69) is 30.3 Å². The van der Waals surface area contributed by atoms with E-state index >= 15 is 0 Å². The minimum atomic E-state index is -4.77. The lowest BCUT2D eigenvalue weighted by molar-refractivity contribution is -0.274. The average Bonchev–Trinajstić information content (AvgIpc) is 3.10. The van der Waals surface area contributed by atoms with Gasteiger partial charge in [-0.3, -0.25) is 4.57 Å². The topological polar surface area (TPSA) is 94.0 Å². The van der Waals surface area contributed by atoms with Crippen molar-refractivity contribution in [2.24, 2.45) is 0 Å². The number of ether oxygens (including phenoxy) is 1. The molecule has 0 radical (unpaired) electrons. The van der Waals surface area contributed by atoms with Gasteiger partial charge in [0, 0.05) is 18.1 Å². The van der Waals surface area contributed by atoms with E-state index in [0.717, 1.165) is 12.1 Å². The summed E-state index contributed by atoms with van der Waals surface area (Å²) < 4.78 is 41.6. The van der Waals surface area contributed by atoms with Gasteiger partial charge in [0.05, 0.1) is 18.1 Å². The van der Waals surface area contributed by atoms with Gasteiger partial charge in [0.1, 0.15) is 12.1 Å². The van der Waals surface area contributed by atoms with E-state index in [1.54, 1.807) is 17.0 Å². The molecule has 8 nitrogen and oxygen atoms in total. The molecule has 0 aliphatic rings. The molecule has 134 valence electrons. The molecule has 0 bridgehead atoms. The second kappa shape index (κ2) is 7.09. The summed E-state index contributed by atoms with van der Waals surface area (Å²) in [5.41, 5.74) is 0.622. The van der Waals surface area contributed by atoms with Crippen LogP contribution in [-0.4, -0.2) is 31.9 Å². The van der Waals surface area contributed by atoms with Crippen LogP contribution in [0.2, 0.25) is 0 Å². The molecule has 0 saturated carbocycles. The smallest absolute Gasteiger partial charge is 0.406 e. The van der Waals surface area contributed by atoms with Crippen molar-refractivity contribution >= 4 is 17.4 Å². The largest absolute Gasteiger partial charge is 0.573 e. The van der Waals surface area contributed by atoms with Crippen LogP contribution in [0.3, 0.4) is 0 Å². The average molecular weight is 364 g/mol. The number of halogens is 3. The van der Waals surface area contributed by atoms with Crippen molar-refractivity contribution in [1.82, 2.24) is 19.5 Å². The maximum Gasteiger partial charge on any atom is 0.573 e. The Morgan fingerprint density at radius 2 is 1.69 bits per heavy atom. The van der Waals surface area contributed by atoms with E-state index in [-0.39, 0.29) is 11.4 Å². The Labute approximate surface area is 144 Å². The van der Waals surface area contributed by atoms with Crippen LogP contribution in [0.15, 0.2) is 55.4 Å². The molecule has 0 aliphatic heterocycles. The maximum atomic E-state index is 12.1. The minimum Gasteiger partial charge on any atom is -0.406 e. The number of benzene rings is 1. The highest BCUT2D eigenvalue weighted by Gasteiger charge is 2.30. The molecule has 0 atom stereocenters. The minimum absolute atomic E-state index is 0.285. The van der Waals surface area contributed by atoms with Gasteiger partial charge in [-0.1, -0.05) is 0 Å². The van der Waals surface area contributed by atoms with Crippen LogP contribution >= 0.6 is 0 Å². The first-order chi connectivity index (χ1) is 12.4. The summed E-state index contributed by atoms with van der Waals surface area (Å²) in [4.78, 5) is 23.9. The molecule has 26 heavy (non-hydrogen) atoms. The summed E-state index contributed by atoms with van der Waals surface area (Å²) in [7, 11) is 0. The van der Waals surface area contributed by atoms with Gasteiger partial charge in [-0.2, -0.15) is 0 Å². The zero-order chi connectivity index (χ0) is 18.6. The first-order valence-corrected chi connectivity index (χ1v) is 7.13. The molecule has 0 saturated heterocycles. The molecule has 2 N–H and O–H groups in total. The molecule has 3 rings (SSSR count). The lowest BCUT2D eigenvalue weighted by atomic mass is 10.3. The lowest BCUT2D eigenvalue weighted by Gasteiger charge is -2.10. The Morgan fingerprint density at radius 3 is 2.27 bits per heavy atom. The summed E-state index contributed by atoms with van der Waals surface area (Å²) >= 11 is 0. The number of imidazole rings is 1. The molecule has 2 heterocycles. The fourth-order valence-corrected chi connectivity index (χ4v) is 1.93. The number of alkyl halides is 3. The summed E-state index contributed by atoms with van der Waals surface area (Å²) in [5.74, 6) is 0.000611. The molecule has 11 heteroatoms. The quantitative estimate of drug-likeness (QED) is 0.741. The van der Waals surface area contributed by atoms with Gasteiger partial charge in [-0.15, -0.1) is 13.2 Å². The monoisotopic (exact) mass is 364 g/mol. The summed E-state index contributed by atoms with van der Waals surface area (Å²) in [5, 5.41) is 4.97. The third-order valence-corrected chi connectivity index (χ3v) is 2.98. The highest BCUT2D eigenvalue weighted by molar-refractivity contribution is 5.99. The number of urea groups is 1. The highest BCUT2D eigenvalue weighted by Crippen LogP contribution is 2.24. The molecular formula is C15H11F3N6O2. The predicted octanol–water partition coefficient (Wildman–Crippen LogP) is 3.20. The maximum absolute atomic E-state index is 12.1. The summed E-state index contributed by atoms with van der Waals surface area (Å²) in [6.45, 7) is 0. The van der Waals surface area contributed by atoms with Gasteiger partial charge in [-0.25, -0.2) is 19.7 Å². The van der Waals surface area contributed by atoms with Crippen LogP contribution in [-0.2, 0) is 0 Å². The van der Waals surface area contributed by atoms with Gasteiger partial charge in [-0.05, 0) is 24.3 Å². The first-order valence-electron chi connectivity index (χ1n) is 7.13. The number of hydrogen-bond donors (Lipinski definition) is 2. The Bertz CT molecular complexity index is 864. The Morgan fingerprint density at radius 1 is 1.04 bits per heavy atom. The van der Waals surface area contributed by atoms with Gasteiger partial charge >= 0.3 is 12.4 Å². The molecular weight excluding hydrogens is 353 g/mol. The predicted molar refractivity (Wildman–Crippen MR) is 84.9 cm³/mol. The van der Waals surface area contributed by atoms with Crippen LogP contribution in [0, 0.1) is 0 Å². The molecule has 0 unspecified atom stereocenters. The van der Waals surface area contributed by atoms with Crippen molar-refractivity contribution in [3.8, 4) is 11.7 Å². The number of rotatable bonds is 4. The van der Waals surface area contributed by atoms with Crippen molar-refractivity contribution in [2.75, 3.05) is 10.6 Å². The van der Waals surface area contributed by atoms with Crippen molar-refractivity contribution < 1.29 is 22.7 Å². The van der Waals surface area contributed by atoms with Crippen LogP contribution in [0.25, 0.3) is 5.95 Å². The van der Waals surface area contributed by atoms with E-state index in [1.807, 2.05) is 0 Å². The molecule has 0 spiro atoms. The van der Waals surface area contributed by atoms with E-state index in [1.165, 1.54) is 30.9 Å². The molecule has 1 aromatic carbocycles. The Balaban J connectivity index is 1.57. The van der Waals surface area contributed by atoms with Crippen molar-refractivity contribution in [3.05, 3.63) is 55.4 Å². The van der Waals surface area contributed by atoms with E-state index in [0.29, 0.717) is 11.6 Å². The third-order valence-electron chi connectivity index (χ3n) is 2.98. The number of anilines is 2. The highest BCUT2D eigenvalue weighted by atomic mass is 19.4. The van der Waals surface area contributed by atoms with E-state index < -0.39 is 12.4 Å². The molecule has 0 fully saturated rings. The van der Waals surface area contributed by atoms with Crippen molar-refractivity contribution in [1.29, 1.82) is 0 Å². The number of carbonyl (C=O) groups is 1. The van der Waals surface area contributed by atoms with E-state index in [4.69, 9.17) is 0 Å². The number of nitrogens with zero attached hydrogens (tertiary/aromatic N) is 4. The van der Waals surface area contributed by atoms with Gasteiger partial charge in [0.15, 0.2) is 0 Å². The third kappa shape index (κ3) is 4.69. The molecule has 0 aliphatic carbocycles. The number of hydrogen-bond acceptors (Lipinski definition) is 5. The van der Waals surface area contributed by atoms with Crippen LogP contribution in [0.4, 0.5) is 29.3 Å². The number of amides is 2. The van der Waals surface area contributed by atoms with Gasteiger partial charge in [0.2, 0.25) is 5.95 Å². The van der Waals surface area contributed by atoms with Gasteiger partial charge in [0.25, 0.3) is 0 Å². The zero-order valence-electron chi connectivity index (χ0n) is 12.9. The van der Waals surface area contributed by atoms with Crippen LogP contribution in [0.1, 0.15) is 0 Å². The second-order valence-electron chi connectivity index (χ2n) is 4.89. The second-order valence-corrected chi connectivity index (χ2v) is 4.89. The zero-order valence-corrected chi connectivity index (χ0v) is 12.9. The fraction of sp³-hybridized carbons (Fsp3) is 0.0667. The lowest BCUT2D eigenvalue weighted by Crippen LogP contribution is -2.20. The molecule has 3 aromatic rings. The van der Waals surface area contributed by atoms with Crippen LogP contribution in [0.5, 0.6) is 5.75 Å².